The van der Waals surface area contributed by atoms with Gasteiger partial charge in [0.15, 0.2) is 0 Å². The molecule has 2 amide bonds. The molecule has 5 aliphatic rings. The highest BCUT2D eigenvalue weighted by Gasteiger charge is 2.84. The van der Waals surface area contributed by atoms with E-state index in [9.17, 15) is 49.1 Å². The number of imide groups is 1. The van der Waals surface area contributed by atoms with Crippen LogP contribution in [0.15, 0.2) is 11.1 Å². The predicted octanol–water partition coefficient (Wildman–Crippen LogP) is 6.98. The number of amides is 2. The van der Waals surface area contributed by atoms with Crippen LogP contribution in [-0.4, -0.2) is 47.2 Å². The van der Waals surface area contributed by atoms with Crippen LogP contribution in [0.3, 0.4) is 0 Å². The van der Waals surface area contributed by atoms with E-state index in [1.165, 1.54) is 4.90 Å². The number of hydrogen-bond acceptors (Lipinski definition) is 2. The van der Waals surface area contributed by atoms with E-state index in [1.807, 2.05) is 0 Å². The molecule has 39 heavy (non-hydrogen) atoms. The first-order valence-corrected chi connectivity index (χ1v) is 13.5. The van der Waals surface area contributed by atoms with Crippen molar-refractivity contribution in [2.45, 2.75) is 77.3 Å². The van der Waals surface area contributed by atoms with Crippen molar-refractivity contribution in [3.05, 3.63) is 11.1 Å². The van der Waals surface area contributed by atoms with Gasteiger partial charge in [-0.05, 0) is 92.8 Å². The fourth-order valence-corrected chi connectivity index (χ4v) is 9.29. The largest absolute Gasteiger partial charge is 0.460 e. The van der Waals surface area contributed by atoms with Gasteiger partial charge in [0, 0.05) is 23.6 Å². The molecule has 12 heteroatoms. The standard InChI is InChI=1S/C27H32F9NO2/c1-10-11(2)23(39)37(22(10)38)9-16-5-14-6-18(16)21(12(14)3)20-13(4)17-7-15(20)8-19(17)24(28,29)25(30,31)26(32,33)27(34,35)36/h12-21H,5-9H2,1-4H3. The summed E-state index contributed by atoms with van der Waals surface area (Å²) in [5.41, 5.74) is 0.796. The average molecular weight is 574 g/mol. The van der Waals surface area contributed by atoms with Crippen molar-refractivity contribution in [2.75, 3.05) is 6.54 Å². The molecule has 4 aliphatic carbocycles. The van der Waals surface area contributed by atoms with Gasteiger partial charge in [-0.25, -0.2) is 0 Å². The van der Waals surface area contributed by atoms with Gasteiger partial charge in [0.1, 0.15) is 0 Å². The van der Waals surface area contributed by atoms with Gasteiger partial charge in [-0.1, -0.05) is 13.8 Å². The molecule has 0 aromatic carbocycles. The summed E-state index contributed by atoms with van der Waals surface area (Å²) in [6.45, 7) is 7.11. The summed E-state index contributed by atoms with van der Waals surface area (Å²) >= 11 is 0. The second kappa shape index (κ2) is 8.63. The van der Waals surface area contributed by atoms with Crippen molar-refractivity contribution in [2.24, 2.45) is 59.2 Å². The Kier molecular flexibility index (Phi) is 6.36. The second-order valence-corrected chi connectivity index (χ2v) is 12.8. The fourth-order valence-electron chi connectivity index (χ4n) is 9.29. The number of rotatable bonds is 6. The maximum absolute atomic E-state index is 14.9. The quantitative estimate of drug-likeness (QED) is 0.254. The molecule has 0 aromatic rings. The minimum absolute atomic E-state index is 0.00109. The number of carbonyl (C=O) groups excluding carboxylic acids is 2. The van der Waals surface area contributed by atoms with Crippen LogP contribution in [0.25, 0.3) is 0 Å². The molecule has 10 unspecified atom stereocenters. The molecule has 4 bridgehead atoms. The van der Waals surface area contributed by atoms with Crippen molar-refractivity contribution in [3.63, 3.8) is 0 Å². The highest BCUT2D eigenvalue weighted by atomic mass is 19.4. The summed E-state index contributed by atoms with van der Waals surface area (Å²) in [6, 6.07) is 0. The molecule has 3 nitrogen and oxygen atoms in total. The molecule has 5 rings (SSSR count). The molecule has 4 saturated carbocycles. The summed E-state index contributed by atoms with van der Waals surface area (Å²) in [5, 5.41) is 0. The first-order chi connectivity index (χ1) is 17.8. The van der Waals surface area contributed by atoms with Crippen LogP contribution in [0.1, 0.15) is 53.4 Å². The molecule has 0 spiro atoms. The van der Waals surface area contributed by atoms with Gasteiger partial charge in [0.25, 0.3) is 11.8 Å². The lowest BCUT2D eigenvalue weighted by Gasteiger charge is -2.47. The highest BCUT2D eigenvalue weighted by Crippen LogP contribution is 2.69. The first kappa shape index (κ1) is 28.8. The number of hydrogen-bond donors (Lipinski definition) is 0. The second-order valence-electron chi connectivity index (χ2n) is 12.8. The highest BCUT2D eigenvalue weighted by molar-refractivity contribution is 6.18. The van der Waals surface area contributed by atoms with E-state index in [1.54, 1.807) is 20.8 Å². The monoisotopic (exact) mass is 573 g/mol. The van der Waals surface area contributed by atoms with Gasteiger partial charge in [0.2, 0.25) is 0 Å². The van der Waals surface area contributed by atoms with Crippen molar-refractivity contribution >= 4 is 11.8 Å². The molecule has 1 aliphatic heterocycles. The van der Waals surface area contributed by atoms with E-state index in [0.29, 0.717) is 11.1 Å². The lowest BCUT2D eigenvalue weighted by molar-refractivity contribution is -0.405. The summed E-state index contributed by atoms with van der Waals surface area (Å²) in [5.74, 6) is -23.7. The minimum atomic E-state index is -6.86. The van der Waals surface area contributed by atoms with Crippen molar-refractivity contribution in [1.29, 1.82) is 0 Å². The van der Waals surface area contributed by atoms with Gasteiger partial charge in [-0.15, -0.1) is 0 Å². The summed E-state index contributed by atoms with van der Waals surface area (Å²) < 4.78 is 123. The Labute approximate surface area is 220 Å². The van der Waals surface area contributed by atoms with Gasteiger partial charge in [-0.2, -0.15) is 39.5 Å². The first-order valence-electron chi connectivity index (χ1n) is 13.5. The number of halogens is 9. The molecule has 1 heterocycles. The Balaban J connectivity index is 1.34. The molecular weight excluding hydrogens is 541 g/mol. The van der Waals surface area contributed by atoms with E-state index < -0.39 is 54.0 Å². The third kappa shape index (κ3) is 3.70. The average Bonchev–Trinajstić information content (AvgIpc) is 3.61. The van der Waals surface area contributed by atoms with E-state index in [-0.39, 0.29) is 60.3 Å². The lowest BCUT2D eigenvalue weighted by Crippen LogP contribution is -2.64. The SMILES string of the molecule is CC1=C(C)C(=O)N(CC2CC3CC2C(C2C4CC(C2C)C(C(F)(F)C(F)(F)C(F)(F)C(F)(F)F)C4)C3C)C1=O. The van der Waals surface area contributed by atoms with E-state index in [4.69, 9.17) is 0 Å². The van der Waals surface area contributed by atoms with Crippen LogP contribution in [0.5, 0.6) is 0 Å². The van der Waals surface area contributed by atoms with Crippen molar-refractivity contribution < 1.29 is 49.1 Å². The zero-order valence-electron chi connectivity index (χ0n) is 22.0. The zero-order valence-corrected chi connectivity index (χ0v) is 22.0. The van der Waals surface area contributed by atoms with Crippen molar-refractivity contribution in [1.82, 2.24) is 4.90 Å². The number of nitrogens with zero attached hydrogens (tertiary/aromatic N) is 1. The molecule has 0 aromatic heterocycles. The smallest absolute Gasteiger partial charge is 0.275 e. The third-order valence-corrected chi connectivity index (χ3v) is 11.3. The Morgan fingerprint density at radius 1 is 0.692 bits per heavy atom. The summed E-state index contributed by atoms with van der Waals surface area (Å²) in [6.07, 6.45) is -5.65. The molecule has 0 radical (unpaired) electrons. The van der Waals surface area contributed by atoms with Crippen LogP contribution in [0, 0.1) is 59.2 Å². The van der Waals surface area contributed by atoms with Gasteiger partial charge < -0.3 is 0 Å². The Hall–Kier alpha value is -1.75. The third-order valence-electron chi connectivity index (χ3n) is 11.3. The van der Waals surface area contributed by atoms with E-state index >= 15 is 0 Å². The predicted molar refractivity (Wildman–Crippen MR) is 121 cm³/mol. The van der Waals surface area contributed by atoms with E-state index in [0.717, 1.165) is 12.8 Å². The Bertz CT molecular complexity index is 1070. The molecule has 10 atom stereocenters. The Morgan fingerprint density at radius 2 is 1.23 bits per heavy atom. The fraction of sp³-hybridized carbons (Fsp3) is 0.852. The molecule has 220 valence electrons. The van der Waals surface area contributed by atoms with Crippen LogP contribution >= 0.6 is 0 Å². The Morgan fingerprint density at radius 3 is 1.72 bits per heavy atom. The van der Waals surface area contributed by atoms with Gasteiger partial charge in [0.05, 0.1) is 0 Å². The van der Waals surface area contributed by atoms with Gasteiger partial charge >= 0.3 is 23.9 Å². The zero-order chi connectivity index (χ0) is 29.2. The van der Waals surface area contributed by atoms with Crippen LogP contribution in [-0.2, 0) is 9.59 Å². The van der Waals surface area contributed by atoms with Crippen LogP contribution in [0.4, 0.5) is 39.5 Å². The van der Waals surface area contributed by atoms with E-state index in [2.05, 4.69) is 6.92 Å². The normalized spacial score (nSPS) is 41.1. The lowest BCUT2D eigenvalue weighted by atomic mass is 9.60. The summed E-state index contributed by atoms with van der Waals surface area (Å²) in [7, 11) is 0. The molecular formula is C27H32F9NO2. The summed E-state index contributed by atoms with van der Waals surface area (Å²) in [4.78, 5) is 26.5. The van der Waals surface area contributed by atoms with Crippen molar-refractivity contribution in [3.8, 4) is 0 Å². The molecule has 4 fully saturated rings. The molecule has 0 saturated heterocycles. The minimum Gasteiger partial charge on any atom is -0.275 e. The van der Waals surface area contributed by atoms with Crippen LogP contribution in [0.2, 0.25) is 0 Å². The van der Waals surface area contributed by atoms with Gasteiger partial charge in [-0.3, -0.25) is 14.5 Å². The number of fused-ring (bicyclic) bond motifs is 4. The number of alkyl halides is 9. The number of carbonyl (C=O) groups is 2. The van der Waals surface area contributed by atoms with Crippen LogP contribution < -0.4 is 0 Å². The topological polar surface area (TPSA) is 37.4 Å². The maximum Gasteiger partial charge on any atom is 0.460 e. The molecule has 0 N–H and O–H groups in total. The maximum atomic E-state index is 14.9.